The lowest BCUT2D eigenvalue weighted by Crippen LogP contribution is -2.10. The Morgan fingerprint density at radius 3 is 0.981 bits per heavy atom. The van der Waals surface area contributed by atoms with Crippen LogP contribution in [0.5, 0.6) is 46.0 Å². The first-order valence-corrected chi connectivity index (χ1v) is 16.4. The van der Waals surface area contributed by atoms with E-state index in [-0.39, 0.29) is 56.6 Å². The van der Waals surface area contributed by atoms with Gasteiger partial charge in [0.2, 0.25) is 0 Å². The Kier molecular flexibility index (Phi) is 9.61. The molecule has 0 aromatic heterocycles. The number of ketones is 2. The topological polar surface area (TPSA) is 123 Å². The van der Waals surface area contributed by atoms with Gasteiger partial charge >= 0.3 is 0 Å². The third kappa shape index (κ3) is 7.31. The number of anilines is 2. The largest absolute Gasteiger partial charge is 0.453 e. The fourth-order valence-corrected chi connectivity index (χ4v) is 5.46. The second-order valence-electron chi connectivity index (χ2n) is 11.6. The van der Waals surface area contributed by atoms with Crippen LogP contribution in [0.25, 0.3) is 0 Å². The van der Waals surface area contributed by atoms with Gasteiger partial charge in [-0.1, -0.05) is 91.0 Å². The molecule has 8 nitrogen and oxygen atoms in total. The zero-order valence-electron chi connectivity index (χ0n) is 27.8. The number of nitrogen functional groups attached to an aromatic ring is 2. The molecule has 0 atom stereocenters. The van der Waals surface area contributed by atoms with E-state index in [2.05, 4.69) is 0 Å². The van der Waals surface area contributed by atoms with Gasteiger partial charge in [-0.15, -0.1) is 0 Å². The van der Waals surface area contributed by atoms with Crippen molar-refractivity contribution in [1.29, 1.82) is 0 Å². The van der Waals surface area contributed by atoms with E-state index in [9.17, 15) is 9.59 Å². The zero-order valence-corrected chi connectivity index (χ0v) is 27.8. The minimum atomic E-state index is -0.412. The summed E-state index contributed by atoms with van der Waals surface area (Å²) in [6, 6.07) is 49.0. The molecule has 0 aliphatic carbocycles. The van der Waals surface area contributed by atoms with E-state index in [1.165, 1.54) is 6.07 Å². The molecule has 7 rings (SSSR count). The SMILES string of the molecule is Nc1ccc(C(=O)c2cccc(C(=O)c3ccc(N)c(Oc4ccccc4)c3Oc3ccccc3)c2)c(Oc2ccccc2)c1Oc1ccccc1. The monoisotopic (exact) mass is 684 g/mol. The number of hydrogen-bond donors (Lipinski definition) is 2. The number of ether oxygens (including phenoxy) is 4. The summed E-state index contributed by atoms with van der Waals surface area (Å²) < 4.78 is 25.0. The molecule has 0 fully saturated rings. The molecular weight excluding hydrogens is 652 g/mol. The van der Waals surface area contributed by atoms with Gasteiger partial charge in [-0.3, -0.25) is 9.59 Å². The molecule has 0 amide bonds. The summed E-state index contributed by atoms with van der Waals surface area (Å²) in [5.41, 5.74) is 14.2. The summed E-state index contributed by atoms with van der Waals surface area (Å²) in [5, 5.41) is 0. The van der Waals surface area contributed by atoms with E-state index >= 15 is 0 Å². The summed E-state index contributed by atoms with van der Waals surface area (Å²) in [6.45, 7) is 0. The van der Waals surface area contributed by atoms with Crippen molar-refractivity contribution in [1.82, 2.24) is 0 Å². The lowest BCUT2D eigenvalue weighted by molar-refractivity contribution is 0.103. The lowest BCUT2D eigenvalue weighted by Gasteiger charge is -2.18. The Bertz CT molecular complexity index is 2190. The van der Waals surface area contributed by atoms with E-state index in [1.807, 2.05) is 72.8 Å². The van der Waals surface area contributed by atoms with Crippen molar-refractivity contribution < 1.29 is 28.5 Å². The van der Waals surface area contributed by atoms with Crippen molar-refractivity contribution in [2.45, 2.75) is 0 Å². The molecule has 0 radical (unpaired) electrons. The number of hydrogen-bond acceptors (Lipinski definition) is 8. The van der Waals surface area contributed by atoms with Gasteiger partial charge in [0, 0.05) is 11.1 Å². The Labute approximate surface area is 300 Å². The van der Waals surface area contributed by atoms with Gasteiger partial charge in [0.05, 0.1) is 22.5 Å². The number of para-hydroxylation sites is 4. The molecule has 8 heteroatoms. The first kappa shape index (κ1) is 33.2. The number of carbonyl (C=O) groups is 2. The minimum absolute atomic E-state index is 0.136. The van der Waals surface area contributed by atoms with Crippen LogP contribution in [0.4, 0.5) is 11.4 Å². The van der Waals surface area contributed by atoms with Gasteiger partial charge in [-0.25, -0.2) is 0 Å². The van der Waals surface area contributed by atoms with E-state index in [4.69, 9.17) is 30.4 Å². The molecule has 0 aliphatic rings. The van der Waals surface area contributed by atoms with Crippen molar-refractivity contribution >= 4 is 22.9 Å². The molecule has 254 valence electrons. The normalized spacial score (nSPS) is 10.6. The number of rotatable bonds is 12. The quantitative estimate of drug-likeness (QED) is 0.0963. The maximum atomic E-state index is 14.3. The summed E-state index contributed by atoms with van der Waals surface area (Å²) in [7, 11) is 0. The molecule has 0 saturated heterocycles. The number of benzene rings is 7. The Morgan fingerprint density at radius 1 is 0.346 bits per heavy atom. The van der Waals surface area contributed by atoms with Crippen molar-refractivity contribution in [3.05, 3.63) is 192 Å². The summed E-state index contributed by atoms with van der Waals surface area (Å²) >= 11 is 0. The third-order valence-corrected chi connectivity index (χ3v) is 8.01. The van der Waals surface area contributed by atoms with Crippen molar-refractivity contribution in [2.75, 3.05) is 11.5 Å². The molecule has 52 heavy (non-hydrogen) atoms. The highest BCUT2D eigenvalue weighted by Gasteiger charge is 2.26. The zero-order chi connectivity index (χ0) is 35.9. The highest BCUT2D eigenvalue weighted by Crippen LogP contribution is 2.45. The van der Waals surface area contributed by atoms with Crippen LogP contribution in [0.15, 0.2) is 170 Å². The first-order valence-electron chi connectivity index (χ1n) is 16.4. The van der Waals surface area contributed by atoms with E-state index in [1.54, 1.807) is 91.0 Å². The third-order valence-electron chi connectivity index (χ3n) is 8.01. The number of nitrogens with two attached hydrogens (primary N) is 2. The van der Waals surface area contributed by atoms with Gasteiger partial charge < -0.3 is 30.4 Å². The molecule has 0 heterocycles. The molecule has 7 aromatic carbocycles. The Hall–Kier alpha value is -7.32. The number of carbonyl (C=O) groups excluding carboxylic acids is 2. The van der Waals surface area contributed by atoms with Gasteiger partial charge in [-0.05, 0) is 78.9 Å². The predicted octanol–water partition coefficient (Wildman–Crippen LogP) is 10.5. The molecule has 0 aliphatic heterocycles. The van der Waals surface area contributed by atoms with Gasteiger partial charge in [0.1, 0.15) is 23.0 Å². The lowest BCUT2D eigenvalue weighted by atomic mass is 9.96. The van der Waals surface area contributed by atoms with Crippen LogP contribution in [0.3, 0.4) is 0 Å². The van der Waals surface area contributed by atoms with Gasteiger partial charge in [0.15, 0.2) is 34.6 Å². The van der Waals surface area contributed by atoms with Crippen LogP contribution in [-0.4, -0.2) is 11.6 Å². The molecule has 0 bridgehead atoms. The Balaban J connectivity index is 1.28. The molecule has 7 aromatic rings. The molecule has 0 spiro atoms. The van der Waals surface area contributed by atoms with Crippen LogP contribution in [0.1, 0.15) is 31.8 Å². The summed E-state index contributed by atoms with van der Waals surface area (Å²) in [4.78, 5) is 28.7. The maximum Gasteiger partial charge on any atom is 0.196 e. The average Bonchev–Trinajstić information content (AvgIpc) is 3.19. The van der Waals surface area contributed by atoms with Crippen LogP contribution in [-0.2, 0) is 0 Å². The van der Waals surface area contributed by atoms with Crippen molar-refractivity contribution in [3.8, 4) is 46.0 Å². The van der Waals surface area contributed by atoms with Crippen LogP contribution >= 0.6 is 0 Å². The fourth-order valence-electron chi connectivity index (χ4n) is 5.46. The standard InChI is InChI=1S/C44H32N2O6/c45-37-26-24-35(41(49-31-16-5-1-6-17-31)43(37)51-33-20-9-3-10-21-33)39(47)29-14-13-15-30(28-29)40(48)36-25-27-38(46)44(52-34-22-11-4-12-23-34)42(36)50-32-18-7-2-8-19-32/h1-28H,45-46H2. The van der Waals surface area contributed by atoms with Crippen molar-refractivity contribution in [2.24, 2.45) is 0 Å². The van der Waals surface area contributed by atoms with Gasteiger partial charge in [0.25, 0.3) is 0 Å². The van der Waals surface area contributed by atoms with Crippen LogP contribution < -0.4 is 30.4 Å². The van der Waals surface area contributed by atoms with Crippen LogP contribution in [0.2, 0.25) is 0 Å². The second-order valence-corrected chi connectivity index (χ2v) is 11.6. The smallest absolute Gasteiger partial charge is 0.196 e. The van der Waals surface area contributed by atoms with E-state index < -0.39 is 11.6 Å². The van der Waals surface area contributed by atoms with E-state index in [0.717, 1.165) is 0 Å². The van der Waals surface area contributed by atoms with Gasteiger partial charge in [-0.2, -0.15) is 0 Å². The summed E-state index contributed by atoms with van der Waals surface area (Å²) in [5.74, 6) is 1.79. The first-order chi connectivity index (χ1) is 25.4. The minimum Gasteiger partial charge on any atom is -0.453 e. The summed E-state index contributed by atoms with van der Waals surface area (Å²) in [6.07, 6.45) is 0. The predicted molar refractivity (Wildman–Crippen MR) is 201 cm³/mol. The maximum absolute atomic E-state index is 14.3. The second kappa shape index (κ2) is 15.1. The average molecular weight is 685 g/mol. The highest BCUT2D eigenvalue weighted by molar-refractivity contribution is 6.15. The molecule has 4 N–H and O–H groups in total. The Morgan fingerprint density at radius 2 is 0.654 bits per heavy atom. The molecule has 0 unspecified atom stereocenters. The van der Waals surface area contributed by atoms with E-state index in [0.29, 0.717) is 23.0 Å². The highest BCUT2D eigenvalue weighted by atomic mass is 16.5. The van der Waals surface area contributed by atoms with Crippen molar-refractivity contribution in [3.63, 3.8) is 0 Å². The molecule has 0 saturated carbocycles. The molecular formula is C44H32N2O6. The fraction of sp³-hybridized carbons (Fsp3) is 0. The van der Waals surface area contributed by atoms with Crippen LogP contribution in [0, 0.1) is 0 Å².